The highest BCUT2D eigenvalue weighted by Gasteiger charge is 2.38. The lowest BCUT2D eigenvalue weighted by Gasteiger charge is -2.02. The van der Waals surface area contributed by atoms with E-state index in [1.807, 2.05) is 0 Å². The van der Waals surface area contributed by atoms with Gasteiger partial charge in [-0.05, 0) is 43.2 Å². The zero-order valence-corrected chi connectivity index (χ0v) is 17.2. The van der Waals surface area contributed by atoms with Gasteiger partial charge in [0.1, 0.15) is 6.26 Å². The van der Waals surface area contributed by atoms with Crippen LogP contribution in [0.25, 0.3) is 22.8 Å². The number of carbonyl (C=O) groups excluding carboxylic acids is 1. The molecular formula is C22H15ClF3N3O3. The predicted molar refractivity (Wildman–Crippen MR) is 109 cm³/mol. The second-order valence-electron chi connectivity index (χ2n) is 6.93. The summed E-state index contributed by atoms with van der Waals surface area (Å²) in [7, 11) is 0. The molecule has 10 heteroatoms. The quantitative estimate of drug-likeness (QED) is 0.302. The van der Waals surface area contributed by atoms with Gasteiger partial charge < -0.3 is 8.94 Å². The minimum absolute atomic E-state index is 0.159. The van der Waals surface area contributed by atoms with E-state index < -0.39 is 12.1 Å². The Labute approximate surface area is 185 Å². The van der Waals surface area contributed by atoms with E-state index in [0.717, 1.165) is 5.56 Å². The number of Topliss-reactive ketones (excluding diaryl/α,β-unsaturated/α-hetero) is 1. The van der Waals surface area contributed by atoms with Crippen LogP contribution in [-0.4, -0.2) is 20.9 Å². The number of ketones is 1. The number of aryl methyl sites for hydroxylation is 1. The number of aromatic nitrogens is 3. The largest absolute Gasteiger partial charge is 0.471 e. The van der Waals surface area contributed by atoms with Gasteiger partial charge in [0.05, 0.1) is 5.69 Å². The molecule has 0 aliphatic rings. The molecule has 0 amide bonds. The average molecular weight is 462 g/mol. The first kappa shape index (κ1) is 21.8. The lowest BCUT2D eigenvalue weighted by molar-refractivity contribution is -0.159. The molecule has 0 saturated heterocycles. The van der Waals surface area contributed by atoms with Crippen LogP contribution in [0.5, 0.6) is 0 Å². The van der Waals surface area contributed by atoms with Crippen molar-refractivity contribution >= 4 is 17.4 Å². The molecular weight excluding hydrogens is 447 g/mol. The fraction of sp³-hybridized carbons (Fsp3) is 0.182. The number of hydrogen-bond donors (Lipinski definition) is 0. The van der Waals surface area contributed by atoms with Crippen LogP contribution in [0, 0.1) is 0 Å². The fourth-order valence-electron chi connectivity index (χ4n) is 3.01. The Balaban J connectivity index is 1.36. The lowest BCUT2D eigenvalue weighted by Crippen LogP contribution is -2.05. The van der Waals surface area contributed by atoms with Crippen molar-refractivity contribution in [3.63, 3.8) is 0 Å². The van der Waals surface area contributed by atoms with Crippen molar-refractivity contribution in [1.29, 1.82) is 0 Å². The second-order valence-corrected chi connectivity index (χ2v) is 7.37. The standard InChI is InChI=1S/C22H15ClF3N3O3/c23-16-9-7-13(8-10-16)20-27-17(12-31-20)5-2-6-18(30)14-3-1-4-15(11-14)19-28-21(32-29-19)22(24,25)26/h1,3-4,7-12H,2,5-6H2. The molecule has 2 aromatic heterocycles. The van der Waals surface area contributed by atoms with Crippen LogP contribution < -0.4 is 0 Å². The molecule has 0 N–H and O–H groups in total. The van der Waals surface area contributed by atoms with Crippen molar-refractivity contribution in [2.45, 2.75) is 25.4 Å². The highest BCUT2D eigenvalue weighted by molar-refractivity contribution is 6.30. The van der Waals surface area contributed by atoms with E-state index >= 15 is 0 Å². The first-order valence-electron chi connectivity index (χ1n) is 9.54. The monoisotopic (exact) mass is 461 g/mol. The molecule has 164 valence electrons. The molecule has 0 atom stereocenters. The Morgan fingerprint density at radius 3 is 2.53 bits per heavy atom. The van der Waals surface area contributed by atoms with Crippen LogP contribution in [0.4, 0.5) is 13.2 Å². The van der Waals surface area contributed by atoms with E-state index in [4.69, 9.17) is 16.0 Å². The molecule has 4 rings (SSSR count). The van der Waals surface area contributed by atoms with Gasteiger partial charge in [-0.15, -0.1) is 0 Å². The van der Waals surface area contributed by atoms with Crippen LogP contribution >= 0.6 is 11.6 Å². The minimum Gasteiger partial charge on any atom is -0.444 e. The van der Waals surface area contributed by atoms with Gasteiger partial charge >= 0.3 is 12.1 Å². The van der Waals surface area contributed by atoms with Gasteiger partial charge in [0.15, 0.2) is 5.78 Å². The Morgan fingerprint density at radius 2 is 1.81 bits per heavy atom. The molecule has 0 aliphatic heterocycles. The normalized spacial score (nSPS) is 11.6. The number of hydrogen-bond acceptors (Lipinski definition) is 6. The van der Waals surface area contributed by atoms with Crippen molar-refractivity contribution in [1.82, 2.24) is 15.1 Å². The van der Waals surface area contributed by atoms with E-state index in [9.17, 15) is 18.0 Å². The molecule has 0 spiro atoms. The molecule has 2 heterocycles. The van der Waals surface area contributed by atoms with E-state index in [1.54, 1.807) is 42.7 Å². The van der Waals surface area contributed by atoms with Crippen LogP contribution in [-0.2, 0) is 12.6 Å². The number of carbonyl (C=O) groups is 1. The highest BCUT2D eigenvalue weighted by Crippen LogP contribution is 2.29. The van der Waals surface area contributed by atoms with Gasteiger partial charge in [0.2, 0.25) is 11.7 Å². The number of halogens is 4. The van der Waals surface area contributed by atoms with E-state index in [2.05, 4.69) is 19.6 Å². The van der Waals surface area contributed by atoms with Crippen LogP contribution in [0.1, 0.15) is 34.8 Å². The number of alkyl halides is 3. The summed E-state index contributed by atoms with van der Waals surface area (Å²) in [5.74, 6) is -1.36. The Kier molecular flexibility index (Phi) is 6.09. The first-order chi connectivity index (χ1) is 15.3. The second kappa shape index (κ2) is 8.96. The van der Waals surface area contributed by atoms with Crippen LogP contribution in [0.15, 0.2) is 63.7 Å². The fourth-order valence-corrected chi connectivity index (χ4v) is 3.13. The van der Waals surface area contributed by atoms with Crippen molar-refractivity contribution in [2.24, 2.45) is 0 Å². The van der Waals surface area contributed by atoms with Gasteiger partial charge in [-0.1, -0.05) is 35.0 Å². The molecule has 0 unspecified atom stereocenters. The Hall–Kier alpha value is -3.46. The van der Waals surface area contributed by atoms with Gasteiger partial charge in [-0.2, -0.15) is 18.2 Å². The zero-order chi connectivity index (χ0) is 22.7. The molecule has 0 saturated carbocycles. The van der Waals surface area contributed by atoms with E-state index in [-0.39, 0.29) is 23.6 Å². The predicted octanol–water partition coefficient (Wildman–Crippen LogP) is 6.27. The maximum absolute atomic E-state index is 12.7. The Morgan fingerprint density at radius 1 is 1.03 bits per heavy atom. The third kappa shape index (κ3) is 5.05. The SMILES string of the molecule is O=C(CCCc1coc(-c2ccc(Cl)cc2)n1)c1cccc(-c2noc(C(F)(F)F)n2)c1. The maximum atomic E-state index is 12.7. The summed E-state index contributed by atoms with van der Waals surface area (Å²) in [6.07, 6.45) is -1.90. The third-order valence-corrected chi connectivity index (χ3v) is 4.84. The van der Waals surface area contributed by atoms with Crippen LogP contribution in [0.3, 0.4) is 0 Å². The molecule has 0 radical (unpaired) electrons. The smallest absolute Gasteiger partial charge is 0.444 e. The summed E-state index contributed by atoms with van der Waals surface area (Å²) in [6.45, 7) is 0. The Bertz CT molecular complexity index is 1230. The average Bonchev–Trinajstić information content (AvgIpc) is 3.44. The topological polar surface area (TPSA) is 82.0 Å². The molecule has 32 heavy (non-hydrogen) atoms. The van der Waals surface area contributed by atoms with Crippen molar-refractivity contribution in [3.8, 4) is 22.8 Å². The summed E-state index contributed by atoms with van der Waals surface area (Å²) in [4.78, 5) is 20.3. The molecule has 2 aromatic carbocycles. The van der Waals surface area contributed by atoms with Crippen LogP contribution in [0.2, 0.25) is 5.02 Å². The van der Waals surface area contributed by atoms with Gasteiger partial charge in [-0.3, -0.25) is 4.79 Å². The third-order valence-electron chi connectivity index (χ3n) is 4.59. The highest BCUT2D eigenvalue weighted by atomic mass is 35.5. The molecule has 6 nitrogen and oxygen atoms in total. The summed E-state index contributed by atoms with van der Waals surface area (Å²) >= 11 is 5.88. The number of nitrogens with zero attached hydrogens (tertiary/aromatic N) is 3. The van der Waals surface area contributed by atoms with Crippen molar-refractivity contribution in [3.05, 3.63) is 77.0 Å². The van der Waals surface area contributed by atoms with Crippen molar-refractivity contribution in [2.75, 3.05) is 0 Å². The van der Waals surface area contributed by atoms with E-state index in [0.29, 0.717) is 35.0 Å². The summed E-state index contributed by atoms with van der Waals surface area (Å²) in [5, 5.41) is 3.96. The van der Waals surface area contributed by atoms with E-state index in [1.165, 1.54) is 12.1 Å². The number of oxazole rings is 1. The summed E-state index contributed by atoms with van der Waals surface area (Å²) in [5.41, 5.74) is 2.12. The minimum atomic E-state index is -4.73. The summed E-state index contributed by atoms with van der Waals surface area (Å²) < 4.78 is 47.7. The lowest BCUT2D eigenvalue weighted by atomic mass is 10.0. The van der Waals surface area contributed by atoms with Gasteiger partial charge in [-0.25, -0.2) is 4.98 Å². The molecule has 4 aromatic rings. The molecule has 0 bridgehead atoms. The molecule has 0 fully saturated rings. The zero-order valence-electron chi connectivity index (χ0n) is 16.4. The number of rotatable bonds is 7. The maximum Gasteiger partial charge on any atom is 0.471 e. The summed E-state index contributed by atoms with van der Waals surface area (Å²) in [6, 6.07) is 13.2. The first-order valence-corrected chi connectivity index (χ1v) is 9.92. The van der Waals surface area contributed by atoms with Crippen molar-refractivity contribution < 1.29 is 26.9 Å². The van der Waals surface area contributed by atoms with Gasteiger partial charge in [0, 0.05) is 28.1 Å². The number of benzene rings is 2. The van der Waals surface area contributed by atoms with Gasteiger partial charge in [0.25, 0.3) is 0 Å². The molecule has 0 aliphatic carbocycles.